The molecule has 3 N–H and O–H groups in total. The van der Waals surface area contributed by atoms with Crippen molar-refractivity contribution in [3.05, 3.63) is 30.3 Å². The molecule has 0 aliphatic carbocycles. The molecule has 0 amide bonds. The fourth-order valence-electron chi connectivity index (χ4n) is 1.89. The highest BCUT2D eigenvalue weighted by molar-refractivity contribution is 7.92. The first-order chi connectivity index (χ1) is 12.4. The number of aromatic nitrogens is 2. The van der Waals surface area contributed by atoms with Gasteiger partial charge in [0.2, 0.25) is 5.88 Å². The first-order valence-electron chi connectivity index (χ1n) is 7.45. The van der Waals surface area contributed by atoms with E-state index in [0.29, 0.717) is 5.69 Å². The summed E-state index contributed by atoms with van der Waals surface area (Å²) in [5.74, 6) is 0.281. The molecule has 2 rings (SSSR count). The molecular formula is C15H19ClN4O5S. The number of methoxy groups -OCH3 is 2. The van der Waals surface area contributed by atoms with E-state index in [9.17, 15) is 13.5 Å². The van der Waals surface area contributed by atoms with Gasteiger partial charge in [0.05, 0.1) is 31.1 Å². The van der Waals surface area contributed by atoms with Gasteiger partial charge in [-0.15, -0.1) is 11.6 Å². The Bertz CT molecular complexity index is 810. The predicted octanol–water partition coefficient (Wildman–Crippen LogP) is 1.31. The van der Waals surface area contributed by atoms with E-state index in [1.807, 2.05) is 0 Å². The number of ether oxygens (including phenoxy) is 2. The van der Waals surface area contributed by atoms with Crippen LogP contribution >= 0.6 is 11.6 Å². The van der Waals surface area contributed by atoms with Gasteiger partial charge in [-0.2, -0.15) is 9.97 Å². The second-order valence-electron chi connectivity index (χ2n) is 5.10. The molecule has 0 saturated carbocycles. The van der Waals surface area contributed by atoms with Crippen molar-refractivity contribution in [3.8, 4) is 11.9 Å². The van der Waals surface area contributed by atoms with Gasteiger partial charge in [-0.25, -0.2) is 8.42 Å². The van der Waals surface area contributed by atoms with Gasteiger partial charge in [0.15, 0.2) is 5.82 Å². The summed E-state index contributed by atoms with van der Waals surface area (Å²) in [5.41, 5.74) is 0.651. The average Bonchev–Trinajstić information content (AvgIpc) is 2.65. The van der Waals surface area contributed by atoms with Gasteiger partial charge in [0, 0.05) is 18.3 Å². The molecule has 11 heteroatoms. The fraction of sp³-hybridized carbons (Fsp3) is 0.333. The molecule has 0 bridgehead atoms. The molecule has 9 nitrogen and oxygen atoms in total. The third kappa shape index (κ3) is 5.35. The van der Waals surface area contributed by atoms with Crippen LogP contribution in [0.1, 0.15) is 0 Å². The molecule has 0 saturated heterocycles. The summed E-state index contributed by atoms with van der Waals surface area (Å²) >= 11 is 5.52. The summed E-state index contributed by atoms with van der Waals surface area (Å²) < 4.78 is 37.2. The van der Waals surface area contributed by atoms with Crippen molar-refractivity contribution in [1.82, 2.24) is 9.97 Å². The maximum atomic E-state index is 12.5. The number of nitrogens with one attached hydrogen (secondary N) is 2. The Morgan fingerprint density at radius 2 is 1.88 bits per heavy atom. The van der Waals surface area contributed by atoms with Gasteiger partial charge < -0.3 is 19.9 Å². The Labute approximate surface area is 156 Å². The zero-order chi connectivity index (χ0) is 19.2. The zero-order valence-corrected chi connectivity index (χ0v) is 15.7. The third-order valence-corrected chi connectivity index (χ3v) is 4.92. The van der Waals surface area contributed by atoms with Gasteiger partial charge in [0.25, 0.3) is 10.0 Å². The minimum Gasteiger partial charge on any atom is -0.481 e. The molecule has 0 aliphatic rings. The normalized spacial score (nSPS) is 12.3. The fourth-order valence-corrected chi connectivity index (χ4v) is 2.99. The number of hydrogen-bond donors (Lipinski definition) is 3. The largest absolute Gasteiger partial charge is 0.481 e. The van der Waals surface area contributed by atoms with Crippen LogP contribution in [0.2, 0.25) is 0 Å². The second kappa shape index (κ2) is 8.88. The summed E-state index contributed by atoms with van der Waals surface area (Å²) in [4.78, 5) is 7.87. The molecule has 1 heterocycles. The molecule has 1 aromatic heterocycles. The summed E-state index contributed by atoms with van der Waals surface area (Å²) in [5, 5.41) is 12.4. The molecule has 0 fully saturated rings. The summed E-state index contributed by atoms with van der Waals surface area (Å²) in [6, 6.07) is 7.32. The summed E-state index contributed by atoms with van der Waals surface area (Å²) in [6.45, 7) is 0.258. The van der Waals surface area contributed by atoms with Crippen molar-refractivity contribution in [2.75, 3.05) is 36.7 Å². The highest BCUT2D eigenvalue weighted by atomic mass is 35.5. The smallest absolute Gasteiger partial charge is 0.321 e. The number of sulfonamides is 1. The third-order valence-electron chi connectivity index (χ3n) is 3.20. The Morgan fingerprint density at radius 1 is 1.19 bits per heavy atom. The zero-order valence-electron chi connectivity index (χ0n) is 14.1. The van der Waals surface area contributed by atoms with Crippen LogP contribution < -0.4 is 19.5 Å². The van der Waals surface area contributed by atoms with Crippen LogP contribution in [0.3, 0.4) is 0 Å². The van der Waals surface area contributed by atoms with E-state index in [2.05, 4.69) is 20.0 Å². The molecular weight excluding hydrogens is 384 g/mol. The lowest BCUT2D eigenvalue weighted by atomic mass is 10.3. The Hall–Kier alpha value is -2.30. The second-order valence-corrected chi connectivity index (χ2v) is 7.09. The molecule has 1 atom stereocenters. The number of nitrogens with zero attached hydrogens (tertiary/aromatic N) is 2. The molecule has 0 radical (unpaired) electrons. The van der Waals surface area contributed by atoms with E-state index in [1.54, 1.807) is 12.1 Å². The average molecular weight is 403 g/mol. The van der Waals surface area contributed by atoms with Crippen LogP contribution in [0.4, 0.5) is 11.5 Å². The standard InChI is InChI=1S/C15H19ClN4O5S/c1-24-14-7-13(18-15(19-14)25-2)20-26(22,23)12-5-3-10(4-6-12)17-9-11(21)8-16/h3-7,11,17,21H,8-9H2,1-2H3,(H,18,19,20). The van der Waals surface area contributed by atoms with Crippen LogP contribution in [-0.4, -0.2) is 56.2 Å². The molecule has 0 spiro atoms. The van der Waals surface area contributed by atoms with Crippen LogP contribution in [-0.2, 0) is 10.0 Å². The van der Waals surface area contributed by atoms with Gasteiger partial charge in [0.1, 0.15) is 0 Å². The maximum absolute atomic E-state index is 12.5. The van der Waals surface area contributed by atoms with Crippen molar-refractivity contribution >= 4 is 33.1 Å². The Balaban J connectivity index is 2.15. The lowest BCUT2D eigenvalue weighted by Crippen LogP contribution is -2.20. The topological polar surface area (TPSA) is 123 Å². The molecule has 26 heavy (non-hydrogen) atoms. The molecule has 0 aliphatic heterocycles. The maximum Gasteiger partial charge on any atom is 0.321 e. The van der Waals surface area contributed by atoms with Crippen molar-refractivity contribution in [2.24, 2.45) is 0 Å². The van der Waals surface area contributed by atoms with E-state index >= 15 is 0 Å². The number of halogens is 1. The van der Waals surface area contributed by atoms with Gasteiger partial charge >= 0.3 is 6.01 Å². The van der Waals surface area contributed by atoms with E-state index < -0.39 is 16.1 Å². The minimum atomic E-state index is -3.87. The monoisotopic (exact) mass is 402 g/mol. The molecule has 2 aromatic rings. The molecule has 142 valence electrons. The van der Waals surface area contributed by atoms with Crippen LogP contribution in [0, 0.1) is 0 Å². The van der Waals surface area contributed by atoms with E-state index in [-0.39, 0.29) is 35.0 Å². The number of aliphatic hydroxyl groups is 1. The van der Waals surface area contributed by atoms with Gasteiger partial charge in [-0.3, -0.25) is 4.72 Å². The van der Waals surface area contributed by atoms with Gasteiger partial charge in [-0.1, -0.05) is 0 Å². The lowest BCUT2D eigenvalue weighted by molar-refractivity contribution is 0.211. The first kappa shape index (κ1) is 20.0. The van der Waals surface area contributed by atoms with E-state index in [1.165, 1.54) is 32.4 Å². The highest BCUT2D eigenvalue weighted by Crippen LogP contribution is 2.21. The molecule has 1 unspecified atom stereocenters. The summed E-state index contributed by atoms with van der Waals surface area (Å²) in [7, 11) is -1.11. The van der Waals surface area contributed by atoms with Gasteiger partial charge in [-0.05, 0) is 24.3 Å². The van der Waals surface area contributed by atoms with Crippen LogP contribution in [0.25, 0.3) is 0 Å². The van der Waals surface area contributed by atoms with Crippen molar-refractivity contribution in [1.29, 1.82) is 0 Å². The van der Waals surface area contributed by atoms with Crippen LogP contribution in [0.15, 0.2) is 35.2 Å². The predicted molar refractivity (Wildman–Crippen MR) is 97.6 cm³/mol. The van der Waals surface area contributed by atoms with Crippen molar-refractivity contribution in [2.45, 2.75) is 11.0 Å². The highest BCUT2D eigenvalue weighted by Gasteiger charge is 2.17. The molecule has 1 aromatic carbocycles. The number of benzene rings is 1. The number of alkyl halides is 1. The number of aliphatic hydroxyl groups excluding tert-OH is 1. The first-order valence-corrected chi connectivity index (χ1v) is 9.47. The Kier molecular flexibility index (Phi) is 6.83. The van der Waals surface area contributed by atoms with E-state index in [0.717, 1.165) is 0 Å². The lowest BCUT2D eigenvalue weighted by Gasteiger charge is -2.12. The van der Waals surface area contributed by atoms with Crippen LogP contribution in [0.5, 0.6) is 11.9 Å². The van der Waals surface area contributed by atoms with E-state index in [4.69, 9.17) is 21.1 Å². The van der Waals surface area contributed by atoms with Crippen molar-refractivity contribution in [3.63, 3.8) is 0 Å². The summed E-state index contributed by atoms with van der Waals surface area (Å²) in [6.07, 6.45) is -0.690. The SMILES string of the molecule is COc1cc(NS(=O)(=O)c2ccc(NCC(O)CCl)cc2)nc(OC)n1. The number of rotatable bonds is 9. The quantitative estimate of drug-likeness (QED) is 0.536. The van der Waals surface area contributed by atoms with Crippen molar-refractivity contribution < 1.29 is 23.0 Å². The minimum absolute atomic E-state index is 0.0149. The Morgan fingerprint density at radius 3 is 2.46 bits per heavy atom. The number of hydrogen-bond acceptors (Lipinski definition) is 8. The number of anilines is 2.